The highest BCUT2D eigenvalue weighted by molar-refractivity contribution is 7.99. The molecule has 0 saturated carbocycles. The molecule has 6 heteroatoms. The van der Waals surface area contributed by atoms with Gasteiger partial charge in [0.15, 0.2) is 0 Å². The first-order valence-corrected chi connectivity index (χ1v) is 8.24. The maximum absolute atomic E-state index is 12.3. The van der Waals surface area contributed by atoms with Gasteiger partial charge >= 0.3 is 0 Å². The van der Waals surface area contributed by atoms with Crippen molar-refractivity contribution in [1.29, 1.82) is 0 Å². The van der Waals surface area contributed by atoms with E-state index in [-0.39, 0.29) is 11.8 Å². The fourth-order valence-electron chi connectivity index (χ4n) is 2.72. The van der Waals surface area contributed by atoms with E-state index in [9.17, 15) is 9.59 Å². The van der Waals surface area contributed by atoms with Gasteiger partial charge in [-0.25, -0.2) is 4.98 Å². The number of hydrogen-bond acceptors (Lipinski definition) is 4. The van der Waals surface area contributed by atoms with Crippen molar-refractivity contribution in [1.82, 2.24) is 14.3 Å². The van der Waals surface area contributed by atoms with E-state index >= 15 is 0 Å². The summed E-state index contributed by atoms with van der Waals surface area (Å²) in [5.74, 6) is 0.238. The molecule has 0 aliphatic carbocycles. The Morgan fingerprint density at radius 3 is 2.43 bits per heavy atom. The summed E-state index contributed by atoms with van der Waals surface area (Å²) in [6.07, 6.45) is 3.66. The van der Waals surface area contributed by atoms with E-state index in [1.54, 1.807) is 42.2 Å². The van der Waals surface area contributed by atoms with Crippen LogP contribution in [0.1, 0.15) is 20.7 Å². The molecule has 5 nitrogen and oxygen atoms in total. The van der Waals surface area contributed by atoms with Gasteiger partial charge < -0.3 is 0 Å². The van der Waals surface area contributed by atoms with E-state index in [4.69, 9.17) is 0 Å². The number of hydrogen-bond donors (Lipinski definition) is 0. The van der Waals surface area contributed by atoms with Gasteiger partial charge in [0.2, 0.25) is 0 Å². The van der Waals surface area contributed by atoms with Crippen molar-refractivity contribution in [3.8, 4) is 0 Å². The lowest BCUT2D eigenvalue weighted by Gasteiger charge is -2.13. The molecular formula is C17H13N3O2S. The van der Waals surface area contributed by atoms with E-state index in [1.807, 2.05) is 28.8 Å². The van der Waals surface area contributed by atoms with Crippen LogP contribution >= 0.6 is 11.8 Å². The van der Waals surface area contributed by atoms with E-state index < -0.39 is 0 Å². The smallest absolute Gasteiger partial charge is 0.261 e. The molecule has 23 heavy (non-hydrogen) atoms. The molecule has 1 aliphatic rings. The third-order valence-corrected chi connectivity index (χ3v) is 4.85. The molecule has 2 amide bonds. The molecule has 0 atom stereocenters. The molecule has 4 rings (SSSR count). The normalized spacial score (nSPS) is 13.8. The SMILES string of the molecule is O=C1c2ccccc2C(=O)N1CCSc1cccc2nccn12. The third-order valence-electron chi connectivity index (χ3n) is 3.83. The second-order valence-electron chi connectivity index (χ2n) is 5.18. The van der Waals surface area contributed by atoms with Crippen LogP contribution in [0.25, 0.3) is 5.65 Å². The maximum atomic E-state index is 12.3. The van der Waals surface area contributed by atoms with Crippen LogP contribution in [-0.4, -0.2) is 38.4 Å². The Morgan fingerprint density at radius 1 is 0.957 bits per heavy atom. The Morgan fingerprint density at radius 2 is 1.70 bits per heavy atom. The predicted octanol–water partition coefficient (Wildman–Crippen LogP) is 2.72. The van der Waals surface area contributed by atoms with Crippen molar-refractivity contribution >= 4 is 29.2 Å². The van der Waals surface area contributed by atoms with Crippen LogP contribution in [0.5, 0.6) is 0 Å². The highest BCUT2D eigenvalue weighted by atomic mass is 32.2. The van der Waals surface area contributed by atoms with Crippen LogP contribution < -0.4 is 0 Å². The summed E-state index contributed by atoms with van der Waals surface area (Å²) in [5, 5.41) is 1.04. The molecule has 0 unspecified atom stereocenters. The summed E-state index contributed by atoms with van der Waals surface area (Å²) in [6, 6.07) is 12.9. The minimum Gasteiger partial charge on any atom is -0.294 e. The lowest BCUT2D eigenvalue weighted by atomic mass is 10.1. The molecule has 114 valence electrons. The lowest BCUT2D eigenvalue weighted by molar-refractivity contribution is 0.0664. The Bertz CT molecular complexity index is 884. The summed E-state index contributed by atoms with van der Waals surface area (Å²) >= 11 is 1.60. The van der Waals surface area contributed by atoms with Gasteiger partial charge in [-0.05, 0) is 24.3 Å². The van der Waals surface area contributed by atoms with Gasteiger partial charge in [0.1, 0.15) is 5.65 Å². The Labute approximate surface area is 136 Å². The largest absolute Gasteiger partial charge is 0.294 e. The molecule has 1 aliphatic heterocycles. The molecule has 3 aromatic rings. The van der Waals surface area contributed by atoms with Crippen LogP contribution in [0.3, 0.4) is 0 Å². The molecule has 0 N–H and O–H groups in total. The van der Waals surface area contributed by atoms with Crippen molar-refractivity contribution in [2.75, 3.05) is 12.3 Å². The first-order valence-electron chi connectivity index (χ1n) is 7.26. The van der Waals surface area contributed by atoms with Crippen LogP contribution in [0.15, 0.2) is 59.9 Å². The van der Waals surface area contributed by atoms with E-state index in [0.29, 0.717) is 23.4 Å². The molecular weight excluding hydrogens is 310 g/mol. The fourth-order valence-corrected chi connectivity index (χ4v) is 3.67. The molecule has 2 aromatic heterocycles. The average Bonchev–Trinajstić information content (AvgIpc) is 3.15. The number of pyridine rings is 1. The first kappa shape index (κ1) is 14.0. The van der Waals surface area contributed by atoms with E-state index in [0.717, 1.165) is 10.7 Å². The van der Waals surface area contributed by atoms with Crippen molar-refractivity contribution < 1.29 is 9.59 Å². The van der Waals surface area contributed by atoms with Crippen LogP contribution in [0, 0.1) is 0 Å². The number of aromatic nitrogens is 2. The Hall–Kier alpha value is -2.60. The molecule has 0 radical (unpaired) electrons. The van der Waals surface area contributed by atoms with Gasteiger partial charge in [0, 0.05) is 24.7 Å². The third kappa shape index (κ3) is 2.31. The molecule has 1 aromatic carbocycles. The molecule has 0 fully saturated rings. The second kappa shape index (κ2) is 5.55. The Balaban J connectivity index is 1.47. The van der Waals surface area contributed by atoms with E-state index in [1.165, 1.54) is 4.90 Å². The zero-order valence-electron chi connectivity index (χ0n) is 12.2. The lowest BCUT2D eigenvalue weighted by Crippen LogP contribution is -2.31. The fraction of sp³-hybridized carbons (Fsp3) is 0.118. The summed E-state index contributed by atoms with van der Waals surface area (Å²) in [7, 11) is 0. The van der Waals surface area contributed by atoms with Crippen molar-refractivity contribution in [2.24, 2.45) is 0 Å². The topological polar surface area (TPSA) is 54.7 Å². The number of nitrogens with zero attached hydrogens (tertiary/aromatic N) is 3. The van der Waals surface area contributed by atoms with Crippen molar-refractivity contribution in [3.05, 3.63) is 66.0 Å². The van der Waals surface area contributed by atoms with Crippen molar-refractivity contribution in [3.63, 3.8) is 0 Å². The van der Waals surface area contributed by atoms with Gasteiger partial charge in [-0.15, -0.1) is 11.8 Å². The zero-order valence-corrected chi connectivity index (χ0v) is 13.0. The summed E-state index contributed by atoms with van der Waals surface area (Å²) < 4.78 is 1.99. The number of benzene rings is 1. The maximum Gasteiger partial charge on any atom is 0.261 e. The molecule has 0 saturated heterocycles. The monoisotopic (exact) mass is 323 g/mol. The summed E-state index contributed by atoms with van der Waals surface area (Å²) in [4.78, 5) is 30.2. The second-order valence-corrected chi connectivity index (χ2v) is 6.29. The highest BCUT2D eigenvalue weighted by Gasteiger charge is 2.34. The molecule has 0 bridgehead atoms. The number of imidazole rings is 1. The minimum absolute atomic E-state index is 0.202. The Kier molecular flexibility index (Phi) is 3.38. The number of carbonyl (C=O) groups excluding carboxylic acids is 2. The quantitative estimate of drug-likeness (QED) is 0.547. The number of fused-ring (bicyclic) bond motifs is 2. The van der Waals surface area contributed by atoms with Gasteiger partial charge in [0.05, 0.1) is 16.2 Å². The summed E-state index contributed by atoms with van der Waals surface area (Å²) in [6.45, 7) is 0.391. The van der Waals surface area contributed by atoms with Gasteiger partial charge in [-0.3, -0.25) is 18.9 Å². The van der Waals surface area contributed by atoms with Crippen LogP contribution in [0.2, 0.25) is 0 Å². The number of carbonyl (C=O) groups is 2. The van der Waals surface area contributed by atoms with E-state index in [2.05, 4.69) is 4.98 Å². The highest BCUT2D eigenvalue weighted by Crippen LogP contribution is 2.24. The van der Waals surface area contributed by atoms with Crippen LogP contribution in [-0.2, 0) is 0 Å². The number of rotatable bonds is 4. The predicted molar refractivity (Wildman–Crippen MR) is 87.7 cm³/mol. The van der Waals surface area contributed by atoms with Gasteiger partial charge in [0.25, 0.3) is 11.8 Å². The minimum atomic E-state index is -0.202. The number of imide groups is 1. The standard InChI is InChI=1S/C17H13N3O2S/c21-16-12-4-1-2-5-13(12)17(22)20(16)10-11-23-15-7-3-6-14-18-8-9-19(14)15/h1-9H,10-11H2. The van der Waals surface area contributed by atoms with Gasteiger partial charge in [-0.1, -0.05) is 18.2 Å². The zero-order chi connectivity index (χ0) is 15.8. The molecule has 3 heterocycles. The summed E-state index contributed by atoms with van der Waals surface area (Å²) in [5.41, 5.74) is 1.88. The first-order chi connectivity index (χ1) is 11.3. The average molecular weight is 323 g/mol. The number of thioether (sulfide) groups is 1. The van der Waals surface area contributed by atoms with Crippen LogP contribution in [0.4, 0.5) is 0 Å². The van der Waals surface area contributed by atoms with Gasteiger partial charge in [-0.2, -0.15) is 0 Å². The number of amides is 2. The van der Waals surface area contributed by atoms with Crippen molar-refractivity contribution in [2.45, 2.75) is 5.03 Å². The molecule has 0 spiro atoms.